The first-order valence-corrected chi connectivity index (χ1v) is 14.8. The SMILES string of the molecule is Cc1ccc2sc3c(-c4ccc(C5(c6ccccc6)c6ccccc6-c6ccccc65)cc4)cc(C)cc3c2c1. The van der Waals surface area contributed by atoms with E-state index in [1.807, 2.05) is 11.3 Å². The van der Waals surface area contributed by atoms with Crippen LogP contribution in [-0.2, 0) is 5.41 Å². The van der Waals surface area contributed by atoms with E-state index in [1.54, 1.807) is 0 Å². The molecule has 0 amide bonds. The Morgan fingerprint density at radius 3 is 1.77 bits per heavy atom. The zero-order chi connectivity index (χ0) is 26.8. The van der Waals surface area contributed by atoms with E-state index in [2.05, 4.69) is 147 Å². The fourth-order valence-electron chi connectivity index (χ4n) is 6.96. The molecule has 1 aliphatic carbocycles. The molecule has 6 aromatic carbocycles. The molecule has 1 aromatic heterocycles. The molecule has 0 spiro atoms. The summed E-state index contributed by atoms with van der Waals surface area (Å²) in [5.74, 6) is 0. The van der Waals surface area contributed by atoms with Gasteiger partial charge in [-0.05, 0) is 88.2 Å². The lowest BCUT2D eigenvalue weighted by Gasteiger charge is -2.34. The van der Waals surface area contributed by atoms with Gasteiger partial charge in [-0.15, -0.1) is 11.3 Å². The Labute approximate surface area is 239 Å². The number of hydrogen-bond donors (Lipinski definition) is 0. The van der Waals surface area contributed by atoms with Gasteiger partial charge in [0, 0.05) is 20.2 Å². The van der Waals surface area contributed by atoms with Crippen molar-refractivity contribution < 1.29 is 0 Å². The Balaban J connectivity index is 1.37. The molecule has 0 nitrogen and oxygen atoms in total. The largest absolute Gasteiger partial charge is 0.135 e. The summed E-state index contributed by atoms with van der Waals surface area (Å²) in [6.45, 7) is 4.40. The van der Waals surface area contributed by atoms with Crippen LogP contribution in [0.2, 0.25) is 0 Å². The van der Waals surface area contributed by atoms with Crippen LogP contribution in [0.5, 0.6) is 0 Å². The Hall–Kier alpha value is -4.46. The molecule has 1 heteroatoms. The van der Waals surface area contributed by atoms with Crippen molar-refractivity contribution in [3.8, 4) is 22.3 Å². The van der Waals surface area contributed by atoms with E-state index in [9.17, 15) is 0 Å². The molecular formula is C39H28S. The molecular weight excluding hydrogens is 500 g/mol. The third-order valence-electron chi connectivity index (χ3n) is 8.66. The van der Waals surface area contributed by atoms with E-state index < -0.39 is 0 Å². The standard InChI is InChI=1S/C39H28S/c1-25-16-21-37-33(22-25)34-24-26(2)23-32(38(34)40-37)27-17-19-29(20-18-27)39(28-10-4-3-5-11-28)35-14-8-6-12-30(35)31-13-7-9-15-36(31)39/h3-24H,1-2H3. The van der Waals surface area contributed by atoms with Gasteiger partial charge in [-0.2, -0.15) is 0 Å². The van der Waals surface area contributed by atoms with E-state index in [-0.39, 0.29) is 5.41 Å². The van der Waals surface area contributed by atoms with Gasteiger partial charge in [0.2, 0.25) is 0 Å². The van der Waals surface area contributed by atoms with Crippen LogP contribution in [0, 0.1) is 13.8 Å². The summed E-state index contributed by atoms with van der Waals surface area (Å²) in [5, 5.41) is 2.73. The summed E-state index contributed by atoms with van der Waals surface area (Å²) in [6, 6.07) is 49.9. The fourth-order valence-corrected chi connectivity index (χ4v) is 8.16. The first-order valence-electron chi connectivity index (χ1n) is 13.9. The number of benzene rings is 6. The van der Waals surface area contributed by atoms with Gasteiger partial charge in [0.15, 0.2) is 0 Å². The molecule has 0 aliphatic heterocycles. The van der Waals surface area contributed by atoms with E-state index in [0.717, 1.165) is 0 Å². The van der Waals surface area contributed by atoms with Gasteiger partial charge >= 0.3 is 0 Å². The van der Waals surface area contributed by atoms with Crippen molar-refractivity contribution in [1.82, 2.24) is 0 Å². The zero-order valence-corrected chi connectivity index (χ0v) is 23.4. The highest BCUT2D eigenvalue weighted by molar-refractivity contribution is 7.26. The average molecular weight is 529 g/mol. The minimum absolute atomic E-state index is 0.357. The van der Waals surface area contributed by atoms with Gasteiger partial charge in [0.05, 0.1) is 5.41 Å². The van der Waals surface area contributed by atoms with Crippen molar-refractivity contribution in [1.29, 1.82) is 0 Å². The van der Waals surface area contributed by atoms with Gasteiger partial charge in [-0.25, -0.2) is 0 Å². The Kier molecular flexibility index (Phi) is 5.14. The third-order valence-corrected chi connectivity index (χ3v) is 9.88. The number of rotatable bonds is 3. The average Bonchev–Trinajstić information content (AvgIpc) is 3.51. The number of hydrogen-bond acceptors (Lipinski definition) is 1. The normalized spacial score (nSPS) is 13.4. The van der Waals surface area contributed by atoms with Gasteiger partial charge in [0.25, 0.3) is 0 Å². The van der Waals surface area contributed by atoms with Crippen LogP contribution >= 0.6 is 11.3 Å². The molecule has 0 radical (unpaired) electrons. The first kappa shape index (κ1) is 23.4. The lowest BCUT2D eigenvalue weighted by molar-refractivity contribution is 0.768. The van der Waals surface area contributed by atoms with Crippen molar-refractivity contribution in [2.45, 2.75) is 19.3 Å². The molecule has 40 heavy (non-hydrogen) atoms. The Morgan fingerprint density at radius 2 is 1.07 bits per heavy atom. The topological polar surface area (TPSA) is 0 Å². The maximum atomic E-state index is 2.37. The second-order valence-electron chi connectivity index (χ2n) is 11.1. The predicted molar refractivity (Wildman–Crippen MR) is 172 cm³/mol. The van der Waals surface area contributed by atoms with E-state index in [4.69, 9.17) is 0 Å². The van der Waals surface area contributed by atoms with Gasteiger partial charge < -0.3 is 0 Å². The van der Waals surface area contributed by atoms with Crippen molar-refractivity contribution in [3.63, 3.8) is 0 Å². The van der Waals surface area contributed by atoms with Crippen LogP contribution in [0.15, 0.2) is 133 Å². The van der Waals surface area contributed by atoms with Crippen LogP contribution in [0.25, 0.3) is 42.4 Å². The third kappa shape index (κ3) is 3.25. The molecule has 0 fully saturated rings. The second kappa shape index (κ2) is 8.78. The molecule has 7 aromatic rings. The molecule has 0 atom stereocenters. The highest BCUT2D eigenvalue weighted by Crippen LogP contribution is 2.56. The summed E-state index contributed by atoms with van der Waals surface area (Å²) < 4.78 is 2.72. The van der Waals surface area contributed by atoms with E-state index >= 15 is 0 Å². The van der Waals surface area contributed by atoms with Crippen LogP contribution in [0.3, 0.4) is 0 Å². The second-order valence-corrected chi connectivity index (χ2v) is 12.1. The molecule has 190 valence electrons. The Bertz CT molecular complexity index is 2010. The van der Waals surface area contributed by atoms with Crippen molar-refractivity contribution in [3.05, 3.63) is 167 Å². The zero-order valence-electron chi connectivity index (χ0n) is 22.6. The van der Waals surface area contributed by atoms with E-state index in [0.29, 0.717) is 0 Å². The molecule has 0 saturated heterocycles. The number of aryl methyl sites for hydroxylation is 2. The van der Waals surface area contributed by atoms with E-state index in [1.165, 1.54) is 75.8 Å². The monoisotopic (exact) mass is 528 g/mol. The van der Waals surface area contributed by atoms with Crippen LogP contribution in [0.1, 0.15) is 33.4 Å². The molecule has 8 rings (SSSR count). The molecule has 0 N–H and O–H groups in total. The summed E-state index contributed by atoms with van der Waals surface area (Å²) in [7, 11) is 0. The first-order chi connectivity index (χ1) is 19.6. The van der Waals surface area contributed by atoms with Crippen molar-refractivity contribution in [2.75, 3.05) is 0 Å². The smallest absolute Gasteiger partial charge is 0.0713 e. The summed E-state index contributed by atoms with van der Waals surface area (Å²) >= 11 is 1.91. The van der Waals surface area contributed by atoms with Gasteiger partial charge in [0.1, 0.15) is 0 Å². The van der Waals surface area contributed by atoms with Gasteiger partial charge in [-0.3, -0.25) is 0 Å². The predicted octanol–water partition coefficient (Wildman–Crippen LogP) is 10.7. The summed E-state index contributed by atoms with van der Waals surface area (Å²) in [5.41, 5.74) is 12.8. The van der Waals surface area contributed by atoms with Crippen LogP contribution in [-0.4, -0.2) is 0 Å². The minimum Gasteiger partial charge on any atom is -0.135 e. The Morgan fingerprint density at radius 1 is 0.475 bits per heavy atom. The van der Waals surface area contributed by atoms with Crippen LogP contribution < -0.4 is 0 Å². The lowest BCUT2D eigenvalue weighted by atomic mass is 9.67. The lowest BCUT2D eigenvalue weighted by Crippen LogP contribution is -2.28. The van der Waals surface area contributed by atoms with Crippen molar-refractivity contribution >= 4 is 31.5 Å². The quantitative estimate of drug-likeness (QED) is 0.214. The minimum atomic E-state index is -0.357. The number of fused-ring (bicyclic) bond motifs is 6. The molecule has 1 heterocycles. The molecule has 0 bridgehead atoms. The molecule has 0 saturated carbocycles. The maximum Gasteiger partial charge on any atom is 0.0713 e. The molecule has 0 unspecified atom stereocenters. The highest BCUT2D eigenvalue weighted by atomic mass is 32.1. The molecule has 1 aliphatic rings. The van der Waals surface area contributed by atoms with Crippen molar-refractivity contribution in [2.24, 2.45) is 0 Å². The highest BCUT2D eigenvalue weighted by Gasteiger charge is 2.45. The summed E-state index contributed by atoms with van der Waals surface area (Å²) in [6.07, 6.45) is 0. The number of thiophene rings is 1. The summed E-state index contributed by atoms with van der Waals surface area (Å²) in [4.78, 5) is 0. The fraction of sp³-hybridized carbons (Fsp3) is 0.0769. The maximum absolute atomic E-state index is 2.37. The van der Waals surface area contributed by atoms with Crippen LogP contribution in [0.4, 0.5) is 0 Å². The van der Waals surface area contributed by atoms with Gasteiger partial charge in [-0.1, -0.05) is 115 Å².